The number of phenolic OH excluding ortho intramolecular Hbond substituents is 1. The van der Waals surface area contributed by atoms with Gasteiger partial charge in [0.05, 0.1) is 4.92 Å². The van der Waals surface area contributed by atoms with Gasteiger partial charge in [0, 0.05) is 0 Å². The van der Waals surface area contributed by atoms with E-state index in [0.29, 0.717) is 0 Å². The van der Waals surface area contributed by atoms with Crippen molar-refractivity contribution in [2.45, 2.75) is 0 Å². The van der Waals surface area contributed by atoms with E-state index in [1.54, 1.807) is 0 Å². The molecule has 0 heterocycles. The minimum absolute atomic E-state index is 0.0649. The molecule has 1 aromatic carbocycles. The lowest BCUT2D eigenvalue weighted by Crippen LogP contribution is -2.09. The van der Waals surface area contributed by atoms with Gasteiger partial charge in [-0.25, -0.2) is 0 Å². The molecule has 78 valence electrons. The van der Waals surface area contributed by atoms with E-state index >= 15 is 0 Å². The molecule has 0 atom stereocenters. The summed E-state index contributed by atoms with van der Waals surface area (Å²) >= 11 is 0. The van der Waals surface area contributed by atoms with Crippen LogP contribution in [-0.4, -0.2) is 15.9 Å². The Hall–Kier alpha value is -2.37. The summed E-state index contributed by atoms with van der Waals surface area (Å²) in [5, 5.41) is 22.0. The van der Waals surface area contributed by atoms with Gasteiger partial charge in [-0.2, -0.15) is 0 Å². The highest BCUT2D eigenvalue weighted by Crippen LogP contribution is 2.33. The fourth-order valence-corrected chi connectivity index (χ4v) is 1.01. The van der Waals surface area contributed by atoms with Crippen LogP contribution in [0.4, 0.5) is 11.4 Å². The topological polar surface area (TPSA) is 92.5 Å². The normalized spacial score (nSPS) is 9.33. The van der Waals surface area contributed by atoms with Gasteiger partial charge in [-0.15, -0.1) is 0 Å². The van der Waals surface area contributed by atoms with Crippen LogP contribution in [-0.2, 0) is 4.79 Å². The van der Waals surface area contributed by atoms with Gasteiger partial charge in [0.25, 0.3) is 0 Å². The van der Waals surface area contributed by atoms with Crippen molar-refractivity contribution in [3.8, 4) is 5.75 Å². The molecular weight excluding hydrogens is 200 g/mol. The smallest absolute Gasteiger partial charge is 0.333 e. The van der Waals surface area contributed by atoms with Crippen molar-refractivity contribution in [2.75, 3.05) is 5.32 Å². The minimum atomic E-state index is -0.770. The molecule has 6 heteroatoms. The molecule has 0 unspecified atom stereocenters. The predicted molar refractivity (Wildman–Crippen MR) is 53.6 cm³/mol. The number of phenols is 1. The van der Waals surface area contributed by atoms with Crippen molar-refractivity contribution < 1.29 is 14.8 Å². The summed E-state index contributed by atoms with van der Waals surface area (Å²) in [4.78, 5) is 20.7. The monoisotopic (exact) mass is 208 g/mol. The third kappa shape index (κ3) is 2.31. The van der Waals surface area contributed by atoms with Gasteiger partial charge in [-0.1, -0.05) is 12.6 Å². The van der Waals surface area contributed by atoms with Crippen LogP contribution in [0.25, 0.3) is 0 Å². The van der Waals surface area contributed by atoms with Crippen molar-refractivity contribution in [2.24, 2.45) is 0 Å². The van der Waals surface area contributed by atoms with Gasteiger partial charge in [0.1, 0.15) is 5.69 Å². The van der Waals surface area contributed by atoms with Gasteiger partial charge in [-0.05, 0) is 18.2 Å². The predicted octanol–water partition coefficient (Wildman–Crippen LogP) is 1.42. The first-order chi connectivity index (χ1) is 7.06. The van der Waals surface area contributed by atoms with Crippen molar-refractivity contribution in [3.05, 3.63) is 41.0 Å². The number of rotatable bonds is 3. The zero-order valence-corrected chi connectivity index (χ0v) is 7.64. The summed E-state index contributed by atoms with van der Waals surface area (Å²) in [6.07, 6.45) is 0.980. The van der Waals surface area contributed by atoms with Gasteiger partial charge in [0.15, 0.2) is 5.75 Å². The lowest BCUT2D eigenvalue weighted by Gasteiger charge is -2.03. The second kappa shape index (κ2) is 4.23. The van der Waals surface area contributed by atoms with Gasteiger partial charge in [0.2, 0.25) is 5.91 Å². The number of aromatic hydroxyl groups is 1. The average molecular weight is 208 g/mol. The SMILES string of the molecule is C=CC(=O)Nc1cccc(O)c1[N+](=O)[O-]. The lowest BCUT2D eigenvalue weighted by atomic mass is 10.2. The molecule has 2 N–H and O–H groups in total. The van der Waals surface area contributed by atoms with E-state index in [4.69, 9.17) is 0 Å². The fourth-order valence-electron chi connectivity index (χ4n) is 1.01. The number of amides is 1. The second-order valence-corrected chi connectivity index (χ2v) is 2.62. The number of carbonyl (C=O) groups is 1. The number of para-hydroxylation sites is 1. The molecule has 0 fully saturated rings. The number of nitrogens with one attached hydrogen (secondary N) is 1. The van der Waals surface area contributed by atoms with E-state index in [0.717, 1.165) is 6.08 Å². The Bertz CT molecular complexity index is 428. The first-order valence-corrected chi connectivity index (χ1v) is 3.96. The fraction of sp³-hybridized carbons (Fsp3) is 0. The molecular formula is C9H8N2O4. The Balaban J connectivity index is 3.17. The standard InChI is InChI=1S/C9H8N2O4/c1-2-8(13)10-6-4-3-5-7(12)9(6)11(14)15/h2-5,12H,1H2,(H,10,13). The maximum atomic E-state index is 10.9. The third-order valence-electron chi connectivity index (χ3n) is 1.64. The molecule has 6 nitrogen and oxygen atoms in total. The summed E-state index contributed by atoms with van der Waals surface area (Å²) in [5.74, 6) is -1.08. The molecule has 0 bridgehead atoms. The molecule has 1 aromatic rings. The Morgan fingerprint density at radius 3 is 2.80 bits per heavy atom. The number of nitrogens with zero attached hydrogens (tertiary/aromatic N) is 1. The lowest BCUT2D eigenvalue weighted by molar-refractivity contribution is -0.384. The quantitative estimate of drug-likeness (QED) is 0.446. The molecule has 1 amide bonds. The van der Waals surface area contributed by atoms with Crippen LogP contribution >= 0.6 is 0 Å². The number of carbonyl (C=O) groups excluding carboxylic acids is 1. The maximum Gasteiger partial charge on any atom is 0.333 e. The Labute approximate surface area is 85.0 Å². The van der Waals surface area contributed by atoms with E-state index < -0.39 is 22.3 Å². The summed E-state index contributed by atoms with van der Waals surface area (Å²) in [6, 6.07) is 3.88. The zero-order valence-electron chi connectivity index (χ0n) is 7.64. The summed E-state index contributed by atoms with van der Waals surface area (Å²) in [7, 11) is 0. The van der Waals surface area contributed by atoms with Crippen LogP contribution in [0.3, 0.4) is 0 Å². The van der Waals surface area contributed by atoms with Crippen LogP contribution in [0.15, 0.2) is 30.9 Å². The van der Waals surface area contributed by atoms with Crippen LogP contribution < -0.4 is 5.32 Å². The van der Waals surface area contributed by atoms with Crippen LogP contribution in [0.1, 0.15) is 0 Å². The molecule has 0 saturated heterocycles. The number of nitro benzene ring substituents is 1. The van der Waals surface area contributed by atoms with Gasteiger partial charge in [-0.3, -0.25) is 14.9 Å². The van der Waals surface area contributed by atoms with Crippen molar-refractivity contribution >= 4 is 17.3 Å². The summed E-state index contributed by atoms with van der Waals surface area (Å²) < 4.78 is 0. The molecule has 0 aromatic heterocycles. The molecule has 0 spiro atoms. The van der Waals surface area contributed by atoms with E-state index in [1.807, 2.05) is 0 Å². The van der Waals surface area contributed by atoms with Crippen LogP contribution in [0, 0.1) is 10.1 Å². The number of hydrogen-bond acceptors (Lipinski definition) is 4. The minimum Gasteiger partial charge on any atom is -0.502 e. The van der Waals surface area contributed by atoms with Crippen LogP contribution in [0.5, 0.6) is 5.75 Å². The molecule has 0 aliphatic rings. The zero-order chi connectivity index (χ0) is 11.4. The van der Waals surface area contributed by atoms with Crippen molar-refractivity contribution in [3.63, 3.8) is 0 Å². The molecule has 0 aliphatic carbocycles. The molecule has 0 radical (unpaired) electrons. The number of anilines is 1. The van der Waals surface area contributed by atoms with Gasteiger partial charge < -0.3 is 10.4 Å². The first kappa shape index (κ1) is 10.7. The average Bonchev–Trinajstić information content (AvgIpc) is 2.17. The Kier molecular flexibility index (Phi) is 3.02. The van der Waals surface area contributed by atoms with Gasteiger partial charge >= 0.3 is 5.69 Å². The largest absolute Gasteiger partial charge is 0.502 e. The Morgan fingerprint density at radius 1 is 1.60 bits per heavy atom. The van der Waals surface area contributed by atoms with E-state index in [1.165, 1.54) is 18.2 Å². The molecule has 0 saturated carbocycles. The number of nitro groups is 1. The molecule has 15 heavy (non-hydrogen) atoms. The van der Waals surface area contributed by atoms with E-state index in [-0.39, 0.29) is 5.69 Å². The van der Waals surface area contributed by atoms with Crippen LogP contribution in [0.2, 0.25) is 0 Å². The second-order valence-electron chi connectivity index (χ2n) is 2.62. The van der Waals surface area contributed by atoms with Crippen molar-refractivity contribution in [1.82, 2.24) is 0 Å². The summed E-state index contributed by atoms with van der Waals surface area (Å²) in [6.45, 7) is 3.21. The van der Waals surface area contributed by atoms with E-state index in [9.17, 15) is 20.0 Å². The highest BCUT2D eigenvalue weighted by Gasteiger charge is 2.19. The van der Waals surface area contributed by atoms with E-state index in [2.05, 4.69) is 11.9 Å². The first-order valence-electron chi connectivity index (χ1n) is 3.96. The number of hydrogen-bond donors (Lipinski definition) is 2. The highest BCUT2D eigenvalue weighted by atomic mass is 16.6. The molecule has 1 rings (SSSR count). The summed E-state index contributed by atoms with van der Waals surface area (Å²) in [5.41, 5.74) is -0.599. The third-order valence-corrected chi connectivity index (χ3v) is 1.64. The Morgan fingerprint density at radius 2 is 2.27 bits per heavy atom. The number of benzene rings is 1. The maximum absolute atomic E-state index is 10.9. The van der Waals surface area contributed by atoms with Crippen molar-refractivity contribution in [1.29, 1.82) is 0 Å². The molecule has 0 aliphatic heterocycles. The highest BCUT2D eigenvalue weighted by molar-refractivity contribution is 6.00.